The van der Waals surface area contributed by atoms with Gasteiger partial charge in [-0.15, -0.1) is 0 Å². The van der Waals surface area contributed by atoms with Gasteiger partial charge in [0.25, 0.3) is 0 Å². The minimum absolute atomic E-state index is 0.0313. The van der Waals surface area contributed by atoms with E-state index in [-0.39, 0.29) is 12.7 Å². The number of hydrogen-bond acceptors (Lipinski definition) is 4. The summed E-state index contributed by atoms with van der Waals surface area (Å²) < 4.78 is 15.9. The number of aliphatic hydroxyl groups excluding tert-OH is 1. The van der Waals surface area contributed by atoms with Crippen LogP contribution in [0.3, 0.4) is 0 Å². The monoisotopic (exact) mass is 224 g/mol. The third kappa shape index (κ3) is 2.52. The van der Waals surface area contributed by atoms with E-state index < -0.39 is 0 Å². The summed E-state index contributed by atoms with van der Waals surface area (Å²) in [6, 6.07) is 5.59. The van der Waals surface area contributed by atoms with Gasteiger partial charge in [-0.2, -0.15) is 0 Å². The van der Waals surface area contributed by atoms with Crippen molar-refractivity contribution in [2.45, 2.75) is 19.3 Å². The Kier molecular flexibility index (Phi) is 3.77. The Bertz CT molecular complexity index is 347. The fourth-order valence-corrected chi connectivity index (χ4v) is 1.56. The van der Waals surface area contributed by atoms with Crippen molar-refractivity contribution in [2.24, 2.45) is 0 Å². The minimum Gasteiger partial charge on any atom is -0.496 e. The summed E-state index contributed by atoms with van der Waals surface area (Å²) >= 11 is 0. The van der Waals surface area contributed by atoms with Crippen molar-refractivity contribution in [3.8, 4) is 5.75 Å². The largest absolute Gasteiger partial charge is 0.496 e. The van der Waals surface area contributed by atoms with E-state index in [2.05, 4.69) is 0 Å². The van der Waals surface area contributed by atoms with Gasteiger partial charge in [0.2, 0.25) is 0 Å². The summed E-state index contributed by atoms with van der Waals surface area (Å²) in [6.07, 6.45) is 0.197. The molecule has 16 heavy (non-hydrogen) atoms. The highest BCUT2D eigenvalue weighted by Gasteiger charge is 2.19. The quantitative estimate of drug-likeness (QED) is 0.813. The predicted octanol–water partition coefficient (Wildman–Crippen LogP) is 1.10. The molecular weight excluding hydrogens is 208 g/mol. The van der Waals surface area contributed by atoms with E-state index in [1.54, 1.807) is 7.11 Å². The van der Waals surface area contributed by atoms with Crippen LogP contribution in [-0.4, -0.2) is 31.5 Å². The molecule has 88 valence electrons. The summed E-state index contributed by atoms with van der Waals surface area (Å²) in [5.41, 5.74) is 1.82. The Morgan fingerprint density at radius 1 is 1.44 bits per heavy atom. The first-order valence-corrected chi connectivity index (χ1v) is 5.29. The van der Waals surface area contributed by atoms with Crippen LogP contribution in [0.5, 0.6) is 5.75 Å². The van der Waals surface area contributed by atoms with Gasteiger partial charge in [-0.1, -0.05) is 6.07 Å². The third-order valence-electron chi connectivity index (χ3n) is 2.61. The lowest BCUT2D eigenvalue weighted by atomic mass is 10.1. The Morgan fingerprint density at radius 3 is 2.81 bits per heavy atom. The van der Waals surface area contributed by atoms with E-state index in [9.17, 15) is 0 Å². The summed E-state index contributed by atoms with van der Waals surface area (Å²) in [5, 5.41) is 9.06. The molecule has 1 aromatic rings. The zero-order valence-electron chi connectivity index (χ0n) is 9.31. The van der Waals surface area contributed by atoms with E-state index in [1.807, 2.05) is 18.2 Å². The number of aliphatic hydroxyl groups is 1. The maximum Gasteiger partial charge on any atom is 0.124 e. The number of ether oxygens (including phenoxy) is 3. The Morgan fingerprint density at radius 2 is 2.25 bits per heavy atom. The van der Waals surface area contributed by atoms with Crippen molar-refractivity contribution in [3.63, 3.8) is 0 Å². The lowest BCUT2D eigenvalue weighted by molar-refractivity contribution is -0.135. The molecule has 1 saturated heterocycles. The van der Waals surface area contributed by atoms with Crippen LogP contribution < -0.4 is 4.74 Å². The molecule has 4 heteroatoms. The van der Waals surface area contributed by atoms with Crippen molar-refractivity contribution in [1.29, 1.82) is 0 Å². The first-order valence-electron chi connectivity index (χ1n) is 5.29. The molecule has 4 nitrogen and oxygen atoms in total. The first-order chi connectivity index (χ1) is 7.83. The first kappa shape index (κ1) is 11.4. The lowest BCUT2D eigenvalue weighted by Gasteiger charge is -2.26. The molecule has 0 radical (unpaired) electrons. The van der Waals surface area contributed by atoms with E-state index in [4.69, 9.17) is 19.3 Å². The van der Waals surface area contributed by atoms with Gasteiger partial charge in [0.15, 0.2) is 0 Å². The van der Waals surface area contributed by atoms with Gasteiger partial charge in [-0.05, 0) is 17.7 Å². The van der Waals surface area contributed by atoms with Crippen molar-refractivity contribution in [3.05, 3.63) is 29.3 Å². The molecule has 0 amide bonds. The molecule has 1 heterocycles. The Hall–Kier alpha value is -1.10. The molecule has 0 aliphatic carbocycles. The van der Waals surface area contributed by atoms with Crippen LogP contribution >= 0.6 is 0 Å². The van der Waals surface area contributed by atoms with Crippen molar-refractivity contribution in [1.82, 2.24) is 0 Å². The van der Waals surface area contributed by atoms with Crippen molar-refractivity contribution < 1.29 is 19.3 Å². The number of hydrogen-bond donors (Lipinski definition) is 1. The number of benzene rings is 1. The van der Waals surface area contributed by atoms with Gasteiger partial charge in [-0.25, -0.2) is 0 Å². The molecule has 0 unspecified atom stereocenters. The van der Waals surface area contributed by atoms with Crippen LogP contribution in [0.1, 0.15) is 11.1 Å². The smallest absolute Gasteiger partial charge is 0.124 e. The maximum atomic E-state index is 9.06. The van der Waals surface area contributed by atoms with Crippen molar-refractivity contribution >= 4 is 0 Å². The standard InChI is InChI=1S/C12H16O4/c1-14-12-3-2-9(5-13)4-10(12)6-16-11-7-15-8-11/h2-4,11,13H,5-8H2,1H3. The Labute approximate surface area is 94.8 Å². The second-order valence-electron chi connectivity index (χ2n) is 3.77. The molecular formula is C12H16O4. The predicted molar refractivity (Wildman–Crippen MR) is 58.3 cm³/mol. The zero-order valence-corrected chi connectivity index (χ0v) is 9.31. The molecule has 1 fully saturated rings. The summed E-state index contributed by atoms with van der Waals surface area (Å²) in [6.45, 7) is 1.86. The minimum atomic E-state index is 0.0313. The SMILES string of the molecule is COc1ccc(CO)cc1COC1COC1. The zero-order chi connectivity index (χ0) is 11.4. The molecule has 1 aliphatic heterocycles. The number of rotatable bonds is 5. The molecule has 1 N–H and O–H groups in total. The van der Waals surface area contributed by atoms with Crippen LogP contribution in [-0.2, 0) is 22.7 Å². The fraction of sp³-hybridized carbons (Fsp3) is 0.500. The molecule has 0 spiro atoms. The molecule has 1 aliphatic rings. The average Bonchev–Trinajstić information content (AvgIpc) is 2.26. The molecule has 0 saturated carbocycles. The van der Waals surface area contributed by atoms with Crippen LogP contribution in [0.2, 0.25) is 0 Å². The van der Waals surface area contributed by atoms with Crippen LogP contribution in [0, 0.1) is 0 Å². The van der Waals surface area contributed by atoms with Gasteiger partial charge in [0.05, 0.1) is 33.5 Å². The van der Waals surface area contributed by atoms with E-state index in [0.29, 0.717) is 19.8 Å². The highest BCUT2D eigenvalue weighted by Crippen LogP contribution is 2.22. The van der Waals surface area contributed by atoms with E-state index in [1.165, 1.54) is 0 Å². The van der Waals surface area contributed by atoms with Gasteiger partial charge in [-0.3, -0.25) is 0 Å². The fourth-order valence-electron chi connectivity index (χ4n) is 1.56. The summed E-state index contributed by atoms with van der Waals surface area (Å²) in [7, 11) is 1.63. The normalized spacial score (nSPS) is 15.9. The second kappa shape index (κ2) is 5.30. The van der Waals surface area contributed by atoms with Crippen LogP contribution in [0.15, 0.2) is 18.2 Å². The third-order valence-corrected chi connectivity index (χ3v) is 2.61. The van der Waals surface area contributed by atoms with Crippen LogP contribution in [0.4, 0.5) is 0 Å². The Balaban J connectivity index is 2.03. The second-order valence-corrected chi connectivity index (χ2v) is 3.77. The molecule has 0 aromatic heterocycles. The molecule has 0 atom stereocenters. The van der Waals surface area contributed by atoms with E-state index in [0.717, 1.165) is 16.9 Å². The lowest BCUT2D eigenvalue weighted by Crippen LogP contribution is -2.35. The van der Waals surface area contributed by atoms with Crippen LogP contribution in [0.25, 0.3) is 0 Å². The topological polar surface area (TPSA) is 47.9 Å². The molecule has 0 bridgehead atoms. The molecule has 2 rings (SSSR count). The maximum absolute atomic E-state index is 9.06. The molecule has 1 aromatic carbocycles. The highest BCUT2D eigenvalue weighted by atomic mass is 16.6. The van der Waals surface area contributed by atoms with Gasteiger partial charge in [0, 0.05) is 5.56 Å². The highest BCUT2D eigenvalue weighted by molar-refractivity contribution is 5.36. The summed E-state index contributed by atoms with van der Waals surface area (Å²) in [4.78, 5) is 0. The number of methoxy groups -OCH3 is 1. The average molecular weight is 224 g/mol. The van der Waals surface area contributed by atoms with Gasteiger partial charge >= 0.3 is 0 Å². The van der Waals surface area contributed by atoms with Gasteiger partial charge in [0.1, 0.15) is 11.9 Å². The van der Waals surface area contributed by atoms with Crippen molar-refractivity contribution in [2.75, 3.05) is 20.3 Å². The van der Waals surface area contributed by atoms with E-state index >= 15 is 0 Å². The van der Waals surface area contributed by atoms with Gasteiger partial charge < -0.3 is 19.3 Å². The summed E-state index contributed by atoms with van der Waals surface area (Å²) in [5.74, 6) is 0.789.